The minimum absolute atomic E-state index is 0.406. The molecule has 0 saturated carbocycles. The van der Waals surface area contributed by atoms with E-state index in [9.17, 15) is 0 Å². The number of methoxy groups -OCH3 is 2. The van der Waals surface area contributed by atoms with Crippen molar-refractivity contribution in [2.75, 3.05) is 14.2 Å². The highest BCUT2D eigenvalue weighted by atomic mass is 16.5. The smallest absolute Gasteiger partial charge is 0.123 e. The van der Waals surface area contributed by atoms with Gasteiger partial charge in [-0.05, 0) is 31.5 Å². The Morgan fingerprint density at radius 2 is 2.12 bits per heavy atom. The highest BCUT2D eigenvalue weighted by Gasteiger charge is 2.06. The van der Waals surface area contributed by atoms with Crippen molar-refractivity contribution in [2.24, 2.45) is 0 Å². The van der Waals surface area contributed by atoms with Crippen molar-refractivity contribution in [2.45, 2.75) is 25.9 Å². The van der Waals surface area contributed by atoms with Crippen molar-refractivity contribution in [3.63, 3.8) is 0 Å². The lowest BCUT2D eigenvalue weighted by molar-refractivity contribution is 0.395. The Hall–Kier alpha value is -1.48. The molecular weight excluding hydrogens is 214 g/mol. The molecule has 1 unspecified atom stereocenters. The summed E-state index contributed by atoms with van der Waals surface area (Å²) >= 11 is 0. The van der Waals surface area contributed by atoms with E-state index in [0.29, 0.717) is 6.04 Å². The molecule has 0 radical (unpaired) electrons. The third kappa shape index (κ3) is 4.11. The van der Waals surface area contributed by atoms with E-state index in [1.54, 1.807) is 14.2 Å². The van der Waals surface area contributed by atoms with E-state index in [1.165, 1.54) is 0 Å². The monoisotopic (exact) mass is 235 g/mol. The van der Waals surface area contributed by atoms with E-state index in [1.807, 2.05) is 24.3 Å². The lowest BCUT2D eigenvalue weighted by atomic mass is 10.1. The molecule has 17 heavy (non-hydrogen) atoms. The third-order valence-electron chi connectivity index (χ3n) is 2.65. The average molecular weight is 235 g/mol. The topological polar surface area (TPSA) is 30.5 Å². The molecule has 0 saturated heterocycles. The number of benzene rings is 1. The first kappa shape index (κ1) is 13.6. The van der Waals surface area contributed by atoms with Crippen LogP contribution < -0.4 is 14.8 Å². The first-order chi connectivity index (χ1) is 8.21. The van der Waals surface area contributed by atoms with Gasteiger partial charge >= 0.3 is 0 Å². The molecule has 3 nitrogen and oxygen atoms in total. The number of hydrogen-bond donors (Lipinski definition) is 1. The molecule has 0 aromatic heterocycles. The predicted molar refractivity (Wildman–Crippen MR) is 70.7 cm³/mol. The van der Waals surface area contributed by atoms with Crippen LogP contribution in [0.4, 0.5) is 0 Å². The van der Waals surface area contributed by atoms with Crippen LogP contribution in [0.1, 0.15) is 18.9 Å². The molecule has 1 rings (SSSR count). The molecule has 0 fully saturated rings. The van der Waals surface area contributed by atoms with Gasteiger partial charge in [-0.25, -0.2) is 0 Å². The zero-order valence-electron chi connectivity index (χ0n) is 10.8. The Morgan fingerprint density at radius 3 is 2.71 bits per heavy atom. The summed E-state index contributed by atoms with van der Waals surface area (Å²) in [5.74, 6) is 1.73. The van der Waals surface area contributed by atoms with Crippen LogP contribution in [0.3, 0.4) is 0 Å². The molecule has 0 aliphatic rings. The second kappa shape index (κ2) is 6.97. The zero-order chi connectivity index (χ0) is 12.7. The van der Waals surface area contributed by atoms with Crippen molar-refractivity contribution >= 4 is 0 Å². The van der Waals surface area contributed by atoms with E-state index in [0.717, 1.165) is 30.0 Å². The second-order valence-electron chi connectivity index (χ2n) is 3.98. The molecule has 1 aromatic rings. The maximum Gasteiger partial charge on any atom is 0.123 e. The van der Waals surface area contributed by atoms with Crippen molar-refractivity contribution in [3.05, 3.63) is 36.4 Å². The fourth-order valence-corrected chi connectivity index (χ4v) is 1.64. The number of rotatable bonds is 7. The van der Waals surface area contributed by atoms with Crippen LogP contribution in [0.25, 0.3) is 0 Å². The summed E-state index contributed by atoms with van der Waals surface area (Å²) in [4.78, 5) is 0. The fourth-order valence-electron chi connectivity index (χ4n) is 1.64. The molecule has 94 valence electrons. The van der Waals surface area contributed by atoms with Crippen molar-refractivity contribution in [3.8, 4) is 11.5 Å². The molecule has 1 aromatic carbocycles. The van der Waals surface area contributed by atoms with E-state index in [2.05, 4.69) is 18.8 Å². The first-order valence-corrected chi connectivity index (χ1v) is 5.76. The van der Waals surface area contributed by atoms with Crippen molar-refractivity contribution < 1.29 is 9.47 Å². The van der Waals surface area contributed by atoms with Gasteiger partial charge in [0, 0.05) is 18.2 Å². The Morgan fingerprint density at radius 1 is 1.35 bits per heavy atom. The summed E-state index contributed by atoms with van der Waals surface area (Å²) in [7, 11) is 3.35. The summed E-state index contributed by atoms with van der Waals surface area (Å²) < 4.78 is 10.5. The highest BCUT2D eigenvalue weighted by molar-refractivity contribution is 5.40. The summed E-state index contributed by atoms with van der Waals surface area (Å²) in [5, 5.41) is 3.42. The summed E-state index contributed by atoms with van der Waals surface area (Å²) in [6.45, 7) is 6.62. The fraction of sp³-hybridized carbons (Fsp3) is 0.429. The summed E-state index contributed by atoms with van der Waals surface area (Å²) in [5.41, 5.74) is 1.10. The SMILES string of the molecule is C=CCC(C)NCc1cc(OC)ccc1OC. The molecule has 1 N–H and O–H groups in total. The minimum atomic E-state index is 0.406. The largest absolute Gasteiger partial charge is 0.497 e. The molecule has 1 atom stereocenters. The molecule has 0 aliphatic heterocycles. The number of hydrogen-bond acceptors (Lipinski definition) is 3. The molecule has 0 amide bonds. The van der Waals surface area contributed by atoms with Crippen LogP contribution in [-0.4, -0.2) is 20.3 Å². The van der Waals surface area contributed by atoms with E-state index in [4.69, 9.17) is 9.47 Å². The standard InChI is InChI=1S/C14H21NO2/c1-5-6-11(2)15-10-12-9-13(16-3)7-8-14(12)17-4/h5,7-9,11,15H,1,6,10H2,2-4H3. The maximum absolute atomic E-state index is 5.32. The Bertz CT molecular complexity index is 363. The van der Waals surface area contributed by atoms with Gasteiger partial charge in [-0.3, -0.25) is 0 Å². The van der Waals surface area contributed by atoms with Gasteiger partial charge in [0.05, 0.1) is 14.2 Å². The molecule has 0 bridgehead atoms. The Labute approximate surface area is 103 Å². The van der Waals surface area contributed by atoms with Crippen molar-refractivity contribution in [1.82, 2.24) is 5.32 Å². The Kier molecular flexibility index (Phi) is 5.57. The van der Waals surface area contributed by atoms with Gasteiger partial charge in [-0.2, -0.15) is 0 Å². The summed E-state index contributed by atoms with van der Waals surface area (Å²) in [6, 6.07) is 6.22. The van der Waals surface area contributed by atoms with E-state index >= 15 is 0 Å². The Balaban J connectivity index is 2.70. The van der Waals surface area contributed by atoms with Gasteiger partial charge in [-0.15, -0.1) is 6.58 Å². The van der Waals surface area contributed by atoms with Gasteiger partial charge in [0.15, 0.2) is 0 Å². The maximum atomic E-state index is 5.32. The number of ether oxygens (including phenoxy) is 2. The zero-order valence-corrected chi connectivity index (χ0v) is 10.8. The first-order valence-electron chi connectivity index (χ1n) is 5.76. The van der Waals surface area contributed by atoms with E-state index < -0.39 is 0 Å². The van der Waals surface area contributed by atoms with Gasteiger partial charge in [0.25, 0.3) is 0 Å². The van der Waals surface area contributed by atoms with E-state index in [-0.39, 0.29) is 0 Å². The quantitative estimate of drug-likeness (QED) is 0.737. The summed E-state index contributed by atoms with van der Waals surface area (Å²) in [6.07, 6.45) is 2.87. The van der Waals surface area contributed by atoms with Crippen molar-refractivity contribution in [1.29, 1.82) is 0 Å². The molecular formula is C14H21NO2. The normalized spacial score (nSPS) is 11.9. The molecule has 0 aliphatic carbocycles. The van der Waals surface area contributed by atoms with Gasteiger partial charge in [0.1, 0.15) is 11.5 Å². The van der Waals surface area contributed by atoms with Crippen LogP contribution in [0.5, 0.6) is 11.5 Å². The predicted octanol–water partition coefficient (Wildman–Crippen LogP) is 2.76. The van der Waals surface area contributed by atoms with Crippen LogP contribution in [-0.2, 0) is 6.54 Å². The average Bonchev–Trinajstić information content (AvgIpc) is 2.36. The lowest BCUT2D eigenvalue weighted by Crippen LogP contribution is -2.24. The minimum Gasteiger partial charge on any atom is -0.497 e. The molecule has 0 spiro atoms. The van der Waals surface area contributed by atoms with Gasteiger partial charge in [0.2, 0.25) is 0 Å². The van der Waals surface area contributed by atoms with Crippen LogP contribution >= 0.6 is 0 Å². The number of nitrogens with one attached hydrogen (secondary N) is 1. The van der Waals surface area contributed by atoms with Gasteiger partial charge < -0.3 is 14.8 Å². The van der Waals surface area contributed by atoms with Crippen LogP contribution in [0.2, 0.25) is 0 Å². The van der Waals surface area contributed by atoms with Crippen LogP contribution in [0.15, 0.2) is 30.9 Å². The second-order valence-corrected chi connectivity index (χ2v) is 3.98. The highest BCUT2D eigenvalue weighted by Crippen LogP contribution is 2.23. The lowest BCUT2D eigenvalue weighted by Gasteiger charge is -2.14. The van der Waals surface area contributed by atoms with Gasteiger partial charge in [-0.1, -0.05) is 6.08 Å². The van der Waals surface area contributed by atoms with Crippen LogP contribution in [0, 0.1) is 0 Å². The third-order valence-corrected chi connectivity index (χ3v) is 2.65. The molecule has 0 heterocycles. The molecule has 3 heteroatoms.